The average Bonchev–Trinajstić information content (AvgIpc) is 3.39. The van der Waals surface area contributed by atoms with Crippen LogP contribution in [0.15, 0.2) is 89.3 Å². The van der Waals surface area contributed by atoms with Crippen molar-refractivity contribution in [2.75, 3.05) is 23.0 Å². The minimum Gasteiger partial charge on any atom is -0.323 e. The highest BCUT2D eigenvalue weighted by atomic mass is 32.2. The third kappa shape index (κ3) is 4.39. The van der Waals surface area contributed by atoms with E-state index in [9.17, 15) is 0 Å². The van der Waals surface area contributed by atoms with E-state index in [-0.39, 0.29) is 0 Å². The molecule has 0 aromatic heterocycles. The zero-order valence-electron chi connectivity index (χ0n) is 17.4. The monoisotopic (exact) mass is 530 g/mol. The molecule has 6 rings (SSSR count). The Bertz CT molecular complexity index is 1010. The number of rotatable bonds is 4. The van der Waals surface area contributed by atoms with Gasteiger partial charge in [0.2, 0.25) is 0 Å². The van der Waals surface area contributed by atoms with Gasteiger partial charge in [-0.15, -0.1) is 47.0 Å². The van der Waals surface area contributed by atoms with Gasteiger partial charge in [0.1, 0.15) is 10.1 Å². The summed E-state index contributed by atoms with van der Waals surface area (Å²) in [5.74, 6) is 4.80. The molecule has 0 bridgehead atoms. The summed E-state index contributed by atoms with van der Waals surface area (Å²) >= 11 is 12.1. The molecule has 164 valence electrons. The highest BCUT2D eigenvalue weighted by Crippen LogP contribution is 2.61. The summed E-state index contributed by atoms with van der Waals surface area (Å²) in [7, 11) is 0. The fraction of sp³-hybridized carbons (Fsp3) is 0.250. The molecule has 0 fully saturated rings. The predicted octanol–water partition coefficient (Wildman–Crippen LogP) is 7.82. The highest BCUT2D eigenvalue weighted by Gasteiger charge is 2.39. The van der Waals surface area contributed by atoms with E-state index >= 15 is 0 Å². The van der Waals surface area contributed by atoms with Crippen molar-refractivity contribution in [2.45, 2.75) is 13.1 Å². The van der Waals surface area contributed by atoms with Crippen molar-refractivity contribution < 1.29 is 0 Å². The summed E-state index contributed by atoms with van der Waals surface area (Å²) in [6.07, 6.45) is 0. The molecular formula is C24H22N2S6. The van der Waals surface area contributed by atoms with E-state index < -0.39 is 0 Å². The molecule has 2 aromatic carbocycles. The second-order valence-electron chi connectivity index (χ2n) is 7.54. The Kier molecular flexibility index (Phi) is 6.78. The predicted molar refractivity (Wildman–Crippen MR) is 150 cm³/mol. The lowest BCUT2D eigenvalue weighted by molar-refractivity contribution is 0.436. The number of nitrogens with zero attached hydrogens (tertiary/aromatic N) is 2. The lowest BCUT2D eigenvalue weighted by Gasteiger charge is -2.29. The van der Waals surface area contributed by atoms with Gasteiger partial charge < -0.3 is 9.80 Å². The van der Waals surface area contributed by atoms with Crippen LogP contribution in [0.3, 0.4) is 0 Å². The van der Waals surface area contributed by atoms with Crippen LogP contribution in [0, 0.1) is 0 Å². The van der Waals surface area contributed by atoms with Gasteiger partial charge in [-0.3, -0.25) is 0 Å². The van der Waals surface area contributed by atoms with Crippen molar-refractivity contribution in [2.24, 2.45) is 0 Å². The van der Waals surface area contributed by atoms with Gasteiger partial charge in [0.15, 0.2) is 0 Å². The average molecular weight is 531 g/mol. The Balaban J connectivity index is 1.40. The van der Waals surface area contributed by atoms with E-state index in [1.165, 1.54) is 62.7 Å². The largest absolute Gasteiger partial charge is 0.323 e. The second-order valence-corrected chi connectivity index (χ2v) is 14.4. The first-order valence-corrected chi connectivity index (χ1v) is 16.2. The SMILES string of the molecule is c1ccc(CN2C3=C(SCCS3)S/C2=C2/SC3=C(SCCS3)N2Cc2ccccc2)cc1. The second kappa shape index (κ2) is 9.92. The summed E-state index contributed by atoms with van der Waals surface area (Å²) < 4.78 is 2.98. The minimum atomic E-state index is 0.934. The van der Waals surface area contributed by atoms with E-state index in [1.54, 1.807) is 0 Å². The van der Waals surface area contributed by atoms with Crippen LogP contribution in [0.25, 0.3) is 0 Å². The van der Waals surface area contributed by atoms with Crippen molar-refractivity contribution in [3.05, 3.63) is 100 Å². The first-order chi connectivity index (χ1) is 15.9. The molecule has 0 radical (unpaired) electrons. The molecule has 0 saturated carbocycles. The lowest BCUT2D eigenvalue weighted by Crippen LogP contribution is -2.23. The molecule has 0 saturated heterocycles. The molecular weight excluding hydrogens is 509 g/mol. The Morgan fingerprint density at radius 3 is 1.34 bits per heavy atom. The summed E-state index contributed by atoms with van der Waals surface area (Å²) in [5.41, 5.74) is 2.74. The Hall–Kier alpha value is -0.640. The fourth-order valence-electron chi connectivity index (χ4n) is 3.92. The van der Waals surface area contributed by atoms with E-state index in [0.29, 0.717) is 0 Å². The first kappa shape index (κ1) is 21.9. The van der Waals surface area contributed by atoms with Crippen LogP contribution < -0.4 is 0 Å². The zero-order valence-corrected chi connectivity index (χ0v) is 22.3. The molecule has 0 atom stereocenters. The number of benzene rings is 2. The topological polar surface area (TPSA) is 6.48 Å². The molecule has 4 heterocycles. The van der Waals surface area contributed by atoms with Crippen molar-refractivity contribution in [1.29, 1.82) is 0 Å². The zero-order chi connectivity index (χ0) is 21.3. The molecule has 4 aliphatic heterocycles. The van der Waals surface area contributed by atoms with Crippen LogP contribution in [0.4, 0.5) is 0 Å². The van der Waals surface area contributed by atoms with Gasteiger partial charge >= 0.3 is 0 Å². The van der Waals surface area contributed by atoms with Gasteiger partial charge in [-0.2, -0.15) is 0 Å². The molecule has 0 amide bonds. The van der Waals surface area contributed by atoms with E-state index in [4.69, 9.17) is 0 Å². The normalized spacial score (nSPS) is 23.1. The smallest absolute Gasteiger partial charge is 0.113 e. The Labute approximate surface area is 215 Å². The van der Waals surface area contributed by atoms with Gasteiger partial charge in [0, 0.05) is 36.1 Å². The van der Waals surface area contributed by atoms with Gasteiger partial charge in [0.05, 0.1) is 18.5 Å². The maximum atomic E-state index is 2.60. The van der Waals surface area contributed by atoms with Crippen molar-refractivity contribution >= 4 is 70.6 Å². The Morgan fingerprint density at radius 1 is 0.500 bits per heavy atom. The van der Waals surface area contributed by atoms with Crippen molar-refractivity contribution in [3.63, 3.8) is 0 Å². The quantitative estimate of drug-likeness (QED) is 0.390. The van der Waals surface area contributed by atoms with Gasteiger partial charge in [-0.1, -0.05) is 84.2 Å². The molecule has 4 aliphatic rings. The van der Waals surface area contributed by atoms with Crippen molar-refractivity contribution in [3.8, 4) is 0 Å². The van der Waals surface area contributed by atoms with Gasteiger partial charge in [0.25, 0.3) is 0 Å². The maximum absolute atomic E-state index is 2.60. The van der Waals surface area contributed by atoms with Crippen LogP contribution in [0.5, 0.6) is 0 Å². The molecule has 0 N–H and O–H groups in total. The Morgan fingerprint density at radius 2 is 0.906 bits per heavy atom. The molecule has 0 aliphatic carbocycles. The number of hydrogen-bond donors (Lipinski definition) is 0. The summed E-state index contributed by atoms with van der Waals surface area (Å²) in [5, 5.41) is 5.75. The number of thioether (sulfide) groups is 6. The van der Waals surface area contributed by atoms with E-state index in [0.717, 1.165) is 13.1 Å². The molecule has 0 unspecified atom stereocenters. The molecule has 0 spiro atoms. The van der Waals surface area contributed by atoms with Crippen LogP contribution in [-0.4, -0.2) is 32.8 Å². The molecule has 2 aromatic rings. The fourth-order valence-corrected chi connectivity index (χ4v) is 12.1. The summed E-state index contributed by atoms with van der Waals surface area (Å²) in [4.78, 5) is 5.19. The van der Waals surface area contributed by atoms with Gasteiger partial charge in [-0.25, -0.2) is 0 Å². The third-order valence-electron chi connectivity index (χ3n) is 5.37. The van der Waals surface area contributed by atoms with E-state index in [2.05, 4.69) is 70.5 Å². The first-order valence-electron chi connectivity index (χ1n) is 10.6. The summed E-state index contributed by atoms with van der Waals surface area (Å²) in [6, 6.07) is 21.9. The lowest BCUT2D eigenvalue weighted by atomic mass is 10.2. The standard InChI is InChI=1S/C24H22N2S6/c1-3-7-17(8-4-1)15-25-19(31-23-21(25)27-11-13-29-23)20-26(16-18-9-5-2-6-10-18)22-24(32-20)30-14-12-28-22/h1-10H,11-16H2/b20-19+. The van der Waals surface area contributed by atoms with E-state index in [1.807, 2.05) is 70.6 Å². The molecule has 32 heavy (non-hydrogen) atoms. The van der Waals surface area contributed by atoms with Crippen LogP contribution in [-0.2, 0) is 13.1 Å². The third-order valence-corrected chi connectivity index (χ3v) is 13.7. The minimum absolute atomic E-state index is 0.934. The molecule has 8 heteroatoms. The summed E-state index contributed by atoms with van der Waals surface area (Å²) in [6.45, 7) is 1.87. The van der Waals surface area contributed by atoms with Gasteiger partial charge in [-0.05, 0) is 11.1 Å². The maximum Gasteiger partial charge on any atom is 0.113 e. The van der Waals surface area contributed by atoms with Crippen molar-refractivity contribution in [1.82, 2.24) is 9.80 Å². The van der Waals surface area contributed by atoms with Crippen LogP contribution >= 0.6 is 70.6 Å². The molecule has 2 nitrogen and oxygen atoms in total. The van der Waals surface area contributed by atoms with Crippen LogP contribution in [0.2, 0.25) is 0 Å². The highest BCUT2D eigenvalue weighted by molar-refractivity contribution is 8.28. The van der Waals surface area contributed by atoms with Crippen LogP contribution in [0.1, 0.15) is 11.1 Å². The number of hydrogen-bond acceptors (Lipinski definition) is 8.